The molecular formula is C28H22BrClN2O5S. The highest BCUT2D eigenvalue weighted by molar-refractivity contribution is 9.10. The van der Waals surface area contributed by atoms with E-state index in [1.54, 1.807) is 32.0 Å². The van der Waals surface area contributed by atoms with Crippen LogP contribution in [0.1, 0.15) is 43.7 Å². The summed E-state index contributed by atoms with van der Waals surface area (Å²) < 4.78 is 17.0. The molecule has 0 N–H and O–H groups in total. The fraction of sp³-hybridized carbons (Fsp3) is 0.214. The van der Waals surface area contributed by atoms with Gasteiger partial charge in [0.05, 0.1) is 29.3 Å². The number of esters is 1. The fourth-order valence-electron chi connectivity index (χ4n) is 3.55. The summed E-state index contributed by atoms with van der Waals surface area (Å²) in [6.45, 7) is 3.72. The maximum atomic E-state index is 13.0. The third-order valence-electron chi connectivity index (χ3n) is 5.43. The molecule has 38 heavy (non-hydrogen) atoms. The lowest BCUT2D eigenvalue weighted by molar-refractivity contribution is -0.114. The highest BCUT2D eigenvalue weighted by atomic mass is 79.9. The van der Waals surface area contributed by atoms with Gasteiger partial charge in [-0.05, 0) is 65.2 Å². The van der Waals surface area contributed by atoms with Crippen molar-refractivity contribution in [2.24, 2.45) is 0 Å². The van der Waals surface area contributed by atoms with Crippen molar-refractivity contribution in [2.75, 3.05) is 13.7 Å². The third-order valence-corrected chi connectivity index (χ3v) is 7.66. The maximum Gasteiger partial charge on any atom is 0.348 e. The molecule has 0 saturated carbocycles. The number of carbonyl (C=O) groups is 2. The SMILES string of the molecule is CCOC(=O)c1sc(CC(=O)C(C#N)=Cc2cc(Br)c(OCc3ccccc3Cl)c(OC)c2)c(C#N)c1C. The van der Waals surface area contributed by atoms with Crippen LogP contribution in [0.15, 0.2) is 46.4 Å². The number of methoxy groups -OCH3 is 1. The summed E-state index contributed by atoms with van der Waals surface area (Å²) in [7, 11) is 1.48. The Morgan fingerprint density at radius 3 is 2.58 bits per heavy atom. The number of thiophene rings is 1. The normalized spacial score (nSPS) is 10.9. The van der Waals surface area contributed by atoms with Crippen molar-refractivity contribution in [1.29, 1.82) is 10.5 Å². The van der Waals surface area contributed by atoms with Crippen LogP contribution in [0.25, 0.3) is 6.08 Å². The Balaban J connectivity index is 1.87. The summed E-state index contributed by atoms with van der Waals surface area (Å²) in [5.74, 6) is -0.208. The predicted molar refractivity (Wildman–Crippen MR) is 149 cm³/mol. The number of ketones is 1. The van der Waals surface area contributed by atoms with Gasteiger partial charge in [-0.3, -0.25) is 4.79 Å². The van der Waals surface area contributed by atoms with Crippen LogP contribution in [-0.2, 0) is 22.6 Å². The summed E-state index contributed by atoms with van der Waals surface area (Å²) in [6.07, 6.45) is 1.23. The van der Waals surface area contributed by atoms with E-state index in [1.165, 1.54) is 13.2 Å². The van der Waals surface area contributed by atoms with Gasteiger partial charge in [0, 0.05) is 21.9 Å². The predicted octanol–water partition coefficient (Wildman–Crippen LogP) is 6.83. The van der Waals surface area contributed by atoms with Crippen molar-refractivity contribution in [3.05, 3.63) is 83.5 Å². The van der Waals surface area contributed by atoms with Crippen LogP contribution in [0.4, 0.5) is 0 Å². The molecule has 0 aliphatic rings. The van der Waals surface area contributed by atoms with E-state index in [0.717, 1.165) is 16.9 Å². The molecule has 1 heterocycles. The molecule has 3 aromatic rings. The van der Waals surface area contributed by atoms with Gasteiger partial charge < -0.3 is 14.2 Å². The standard InChI is InChI=1S/C28H22BrClN2O5S/c1-4-36-28(34)27-16(2)20(14-32)25(38-27)12-23(33)19(13-31)9-17-10-21(29)26(24(11-17)35-3)37-15-18-7-5-6-8-22(18)30/h5-11H,4,12,15H2,1-3H3. The summed E-state index contributed by atoms with van der Waals surface area (Å²) in [4.78, 5) is 25.9. The van der Waals surface area contributed by atoms with Gasteiger partial charge >= 0.3 is 5.97 Å². The van der Waals surface area contributed by atoms with E-state index in [-0.39, 0.29) is 35.6 Å². The van der Waals surface area contributed by atoms with Crippen LogP contribution in [0.5, 0.6) is 11.5 Å². The number of hydrogen-bond donors (Lipinski definition) is 0. The van der Waals surface area contributed by atoms with Crippen LogP contribution in [0.2, 0.25) is 5.02 Å². The molecule has 10 heteroatoms. The summed E-state index contributed by atoms with van der Waals surface area (Å²) in [5, 5.41) is 19.9. The number of allylic oxidation sites excluding steroid dienone is 1. The van der Waals surface area contributed by atoms with Crippen molar-refractivity contribution in [3.8, 4) is 23.6 Å². The van der Waals surface area contributed by atoms with Gasteiger partial charge in [-0.2, -0.15) is 10.5 Å². The van der Waals surface area contributed by atoms with E-state index in [1.807, 2.05) is 24.3 Å². The minimum Gasteiger partial charge on any atom is -0.493 e. The van der Waals surface area contributed by atoms with Gasteiger partial charge in [0.2, 0.25) is 0 Å². The number of Topliss-reactive ketones (excluding diaryl/α,β-unsaturated/α-hetero) is 1. The fourth-order valence-corrected chi connectivity index (χ4v) is 5.46. The third kappa shape index (κ3) is 6.62. The number of halogens is 2. The second-order valence-electron chi connectivity index (χ2n) is 7.87. The lowest BCUT2D eigenvalue weighted by atomic mass is 10.0. The molecule has 7 nitrogen and oxygen atoms in total. The van der Waals surface area contributed by atoms with E-state index in [9.17, 15) is 20.1 Å². The van der Waals surface area contributed by atoms with E-state index in [2.05, 4.69) is 22.0 Å². The number of rotatable bonds is 10. The molecule has 0 spiro atoms. The Morgan fingerprint density at radius 2 is 1.95 bits per heavy atom. The summed E-state index contributed by atoms with van der Waals surface area (Å²) >= 11 is 10.7. The topological polar surface area (TPSA) is 109 Å². The number of carbonyl (C=O) groups excluding carboxylic acids is 2. The monoisotopic (exact) mass is 612 g/mol. The lowest BCUT2D eigenvalue weighted by Gasteiger charge is -2.14. The van der Waals surface area contributed by atoms with Crippen molar-refractivity contribution < 1.29 is 23.8 Å². The Hall–Kier alpha value is -3.63. The molecular weight excluding hydrogens is 592 g/mol. The molecule has 0 aliphatic heterocycles. The summed E-state index contributed by atoms with van der Waals surface area (Å²) in [6, 6.07) is 14.7. The van der Waals surface area contributed by atoms with Crippen molar-refractivity contribution in [2.45, 2.75) is 26.9 Å². The van der Waals surface area contributed by atoms with Gasteiger partial charge in [0.1, 0.15) is 23.6 Å². The molecule has 0 radical (unpaired) electrons. The molecule has 0 saturated heterocycles. The van der Waals surface area contributed by atoms with Gasteiger partial charge in [-0.15, -0.1) is 11.3 Å². The maximum absolute atomic E-state index is 13.0. The molecule has 1 aromatic heterocycles. The molecule has 0 atom stereocenters. The van der Waals surface area contributed by atoms with Crippen LogP contribution in [-0.4, -0.2) is 25.5 Å². The molecule has 194 valence electrons. The first-order chi connectivity index (χ1) is 18.2. The minimum absolute atomic E-state index is 0.115. The lowest BCUT2D eigenvalue weighted by Crippen LogP contribution is -2.05. The molecule has 2 aromatic carbocycles. The van der Waals surface area contributed by atoms with Gasteiger partial charge in [0.15, 0.2) is 17.3 Å². The van der Waals surface area contributed by atoms with Crippen molar-refractivity contribution in [1.82, 2.24) is 0 Å². The largest absolute Gasteiger partial charge is 0.493 e. The van der Waals surface area contributed by atoms with E-state index in [4.69, 9.17) is 25.8 Å². The Morgan fingerprint density at radius 1 is 1.21 bits per heavy atom. The van der Waals surface area contributed by atoms with Gasteiger partial charge in [0.25, 0.3) is 0 Å². The average molecular weight is 614 g/mol. The molecule has 0 aliphatic carbocycles. The first-order valence-electron chi connectivity index (χ1n) is 11.3. The Labute approximate surface area is 237 Å². The zero-order valence-electron chi connectivity index (χ0n) is 20.8. The first-order valence-corrected chi connectivity index (χ1v) is 13.3. The zero-order valence-corrected chi connectivity index (χ0v) is 23.9. The van der Waals surface area contributed by atoms with Gasteiger partial charge in [-0.1, -0.05) is 29.8 Å². The second kappa shape index (κ2) is 13.3. The highest BCUT2D eigenvalue weighted by Crippen LogP contribution is 2.38. The molecule has 0 fully saturated rings. The van der Waals surface area contributed by atoms with Crippen LogP contribution < -0.4 is 9.47 Å². The Bertz CT molecular complexity index is 1500. The average Bonchev–Trinajstić information content (AvgIpc) is 3.21. The van der Waals surface area contributed by atoms with Crippen LogP contribution in [0, 0.1) is 29.6 Å². The number of nitrogens with zero attached hydrogens (tertiary/aromatic N) is 2. The number of benzene rings is 2. The van der Waals surface area contributed by atoms with Crippen LogP contribution in [0.3, 0.4) is 0 Å². The van der Waals surface area contributed by atoms with E-state index < -0.39 is 11.8 Å². The second-order valence-corrected chi connectivity index (χ2v) is 10.2. The van der Waals surface area contributed by atoms with Gasteiger partial charge in [-0.25, -0.2) is 4.79 Å². The number of ether oxygens (including phenoxy) is 3. The molecule has 0 amide bonds. The number of nitriles is 2. The highest BCUT2D eigenvalue weighted by Gasteiger charge is 2.23. The number of hydrogen-bond acceptors (Lipinski definition) is 8. The molecule has 3 rings (SSSR count). The van der Waals surface area contributed by atoms with Crippen molar-refractivity contribution in [3.63, 3.8) is 0 Å². The smallest absolute Gasteiger partial charge is 0.348 e. The first kappa shape index (κ1) is 28.9. The van der Waals surface area contributed by atoms with Crippen molar-refractivity contribution >= 4 is 56.7 Å². The van der Waals surface area contributed by atoms with E-state index in [0.29, 0.717) is 37.0 Å². The van der Waals surface area contributed by atoms with E-state index >= 15 is 0 Å². The summed E-state index contributed by atoms with van der Waals surface area (Å²) in [5.41, 5.74) is 1.92. The minimum atomic E-state index is -0.546. The molecule has 0 bridgehead atoms. The Kier molecular flexibility index (Phi) is 10.1. The van der Waals surface area contributed by atoms with Crippen LogP contribution >= 0.6 is 38.9 Å². The molecule has 0 unspecified atom stereocenters. The quantitative estimate of drug-likeness (QED) is 0.140. The zero-order chi connectivity index (χ0) is 27.8.